The van der Waals surface area contributed by atoms with E-state index in [1.165, 1.54) is 25.7 Å². The molecule has 0 aliphatic heterocycles. The molecule has 0 aromatic heterocycles. The quantitative estimate of drug-likeness (QED) is 0.824. The van der Waals surface area contributed by atoms with E-state index in [9.17, 15) is 0 Å². The maximum atomic E-state index is 5.75. The van der Waals surface area contributed by atoms with Crippen LogP contribution < -0.4 is 11.1 Å². The van der Waals surface area contributed by atoms with Crippen molar-refractivity contribution in [3.63, 3.8) is 0 Å². The fraction of sp³-hybridized carbons (Fsp3) is 0.538. The first-order valence-corrected chi connectivity index (χ1v) is 8.13. The van der Waals surface area contributed by atoms with Gasteiger partial charge < -0.3 is 11.1 Å². The Hall–Kier alpha value is -0.350. The fourth-order valence-corrected chi connectivity index (χ4v) is 3.84. The van der Waals surface area contributed by atoms with Gasteiger partial charge in [-0.05, 0) is 53.2 Å². The molecule has 0 saturated heterocycles. The SMILES string of the molecule is CSC1CCCCC1Nc1ccc(N)cc1Br. The van der Waals surface area contributed by atoms with Crippen LogP contribution in [-0.2, 0) is 0 Å². The van der Waals surface area contributed by atoms with Crippen molar-refractivity contribution < 1.29 is 0 Å². The van der Waals surface area contributed by atoms with Crippen molar-refractivity contribution in [3.8, 4) is 0 Å². The van der Waals surface area contributed by atoms with Gasteiger partial charge in [-0.25, -0.2) is 0 Å². The van der Waals surface area contributed by atoms with Gasteiger partial charge in [0.25, 0.3) is 0 Å². The maximum Gasteiger partial charge on any atom is 0.0488 e. The summed E-state index contributed by atoms with van der Waals surface area (Å²) in [6, 6.07) is 6.55. The molecule has 1 fully saturated rings. The summed E-state index contributed by atoms with van der Waals surface area (Å²) < 4.78 is 1.06. The van der Waals surface area contributed by atoms with Gasteiger partial charge >= 0.3 is 0 Å². The highest BCUT2D eigenvalue weighted by Crippen LogP contribution is 2.32. The van der Waals surface area contributed by atoms with Crippen molar-refractivity contribution in [3.05, 3.63) is 22.7 Å². The third-order valence-electron chi connectivity index (χ3n) is 3.34. The number of hydrogen-bond acceptors (Lipinski definition) is 3. The highest BCUT2D eigenvalue weighted by Gasteiger charge is 2.24. The van der Waals surface area contributed by atoms with Crippen LogP contribution in [0.2, 0.25) is 0 Å². The Kier molecular flexibility index (Phi) is 4.62. The van der Waals surface area contributed by atoms with Gasteiger partial charge in [-0.15, -0.1) is 0 Å². The topological polar surface area (TPSA) is 38.0 Å². The summed E-state index contributed by atoms with van der Waals surface area (Å²) in [5.74, 6) is 0. The summed E-state index contributed by atoms with van der Waals surface area (Å²) in [5, 5.41) is 4.38. The molecule has 0 spiro atoms. The van der Waals surface area contributed by atoms with Crippen molar-refractivity contribution in [2.45, 2.75) is 37.0 Å². The van der Waals surface area contributed by atoms with E-state index in [4.69, 9.17) is 5.73 Å². The van der Waals surface area contributed by atoms with Crippen LogP contribution in [0.3, 0.4) is 0 Å². The van der Waals surface area contributed by atoms with Crippen molar-refractivity contribution >= 4 is 39.1 Å². The molecular weight excluding hydrogens is 296 g/mol. The van der Waals surface area contributed by atoms with E-state index in [1.807, 2.05) is 23.9 Å². The van der Waals surface area contributed by atoms with Gasteiger partial charge in [0.05, 0.1) is 0 Å². The van der Waals surface area contributed by atoms with Crippen LogP contribution in [0, 0.1) is 0 Å². The van der Waals surface area contributed by atoms with Crippen LogP contribution >= 0.6 is 27.7 Å². The lowest BCUT2D eigenvalue weighted by atomic mass is 9.94. The molecule has 17 heavy (non-hydrogen) atoms. The number of hydrogen-bond donors (Lipinski definition) is 2. The van der Waals surface area contributed by atoms with Crippen molar-refractivity contribution in [2.75, 3.05) is 17.3 Å². The normalized spacial score (nSPS) is 24.6. The molecular formula is C13H19BrN2S. The van der Waals surface area contributed by atoms with Gasteiger partial charge in [0.2, 0.25) is 0 Å². The minimum Gasteiger partial charge on any atom is -0.399 e. The molecule has 0 bridgehead atoms. The number of benzene rings is 1. The molecule has 94 valence electrons. The van der Waals surface area contributed by atoms with Crippen LogP contribution in [-0.4, -0.2) is 17.5 Å². The van der Waals surface area contributed by atoms with Gasteiger partial charge in [0.15, 0.2) is 0 Å². The van der Waals surface area contributed by atoms with E-state index in [1.54, 1.807) is 0 Å². The van der Waals surface area contributed by atoms with Crippen LogP contribution in [0.1, 0.15) is 25.7 Å². The molecule has 1 aliphatic rings. The smallest absolute Gasteiger partial charge is 0.0488 e. The molecule has 1 aromatic carbocycles. The first-order valence-electron chi connectivity index (χ1n) is 6.05. The molecule has 3 N–H and O–H groups in total. The molecule has 4 heteroatoms. The molecule has 2 unspecified atom stereocenters. The molecule has 0 heterocycles. The minimum atomic E-state index is 0.582. The number of nitrogens with two attached hydrogens (primary N) is 1. The molecule has 1 aliphatic carbocycles. The molecule has 1 saturated carbocycles. The van der Waals surface area contributed by atoms with Crippen molar-refractivity contribution in [2.24, 2.45) is 0 Å². The number of nitrogen functional groups attached to an aromatic ring is 1. The summed E-state index contributed by atoms with van der Waals surface area (Å²) in [5.41, 5.74) is 7.71. The van der Waals surface area contributed by atoms with E-state index in [0.717, 1.165) is 21.1 Å². The average molecular weight is 315 g/mol. The number of anilines is 2. The fourth-order valence-electron chi connectivity index (χ4n) is 2.39. The summed E-state index contributed by atoms with van der Waals surface area (Å²) in [6.07, 6.45) is 7.50. The highest BCUT2D eigenvalue weighted by molar-refractivity contribution is 9.10. The molecule has 0 amide bonds. The summed E-state index contributed by atoms with van der Waals surface area (Å²) in [4.78, 5) is 0. The van der Waals surface area contributed by atoms with Crippen molar-refractivity contribution in [1.82, 2.24) is 0 Å². The third-order valence-corrected chi connectivity index (χ3v) is 5.17. The maximum absolute atomic E-state index is 5.75. The Morgan fingerprint density at radius 1 is 1.35 bits per heavy atom. The second kappa shape index (κ2) is 6.01. The zero-order chi connectivity index (χ0) is 12.3. The summed E-state index contributed by atoms with van der Waals surface area (Å²) >= 11 is 5.55. The highest BCUT2D eigenvalue weighted by atomic mass is 79.9. The van der Waals surface area contributed by atoms with E-state index < -0.39 is 0 Å². The van der Waals surface area contributed by atoms with E-state index in [0.29, 0.717) is 6.04 Å². The largest absolute Gasteiger partial charge is 0.399 e. The van der Waals surface area contributed by atoms with Crippen LogP contribution in [0.4, 0.5) is 11.4 Å². The predicted octanol–water partition coefficient (Wildman–Crippen LogP) is 4.12. The van der Waals surface area contributed by atoms with Crippen molar-refractivity contribution in [1.29, 1.82) is 0 Å². The Bertz CT molecular complexity index is 384. The Morgan fingerprint density at radius 2 is 2.12 bits per heavy atom. The number of nitrogens with one attached hydrogen (secondary N) is 1. The zero-order valence-electron chi connectivity index (χ0n) is 10.1. The lowest BCUT2D eigenvalue weighted by molar-refractivity contribution is 0.475. The molecule has 0 radical (unpaired) electrons. The second-order valence-electron chi connectivity index (χ2n) is 4.55. The van der Waals surface area contributed by atoms with Gasteiger partial charge in [-0.1, -0.05) is 12.8 Å². The standard InChI is InChI=1S/C13H19BrN2S/c1-17-13-5-3-2-4-12(13)16-11-7-6-9(15)8-10(11)14/h6-8,12-13,16H,2-5,15H2,1H3. The first-order chi connectivity index (χ1) is 8.20. The summed E-state index contributed by atoms with van der Waals surface area (Å²) in [7, 11) is 0. The molecule has 1 aromatic rings. The average Bonchev–Trinajstić information content (AvgIpc) is 2.33. The lowest BCUT2D eigenvalue weighted by Crippen LogP contribution is -2.34. The molecule has 2 nitrogen and oxygen atoms in total. The Labute approximate surface area is 116 Å². The molecule has 2 rings (SSSR count). The third kappa shape index (κ3) is 3.32. The van der Waals surface area contributed by atoms with Gasteiger partial charge in [-0.3, -0.25) is 0 Å². The van der Waals surface area contributed by atoms with Gasteiger partial charge in [-0.2, -0.15) is 11.8 Å². The van der Waals surface area contributed by atoms with E-state index in [-0.39, 0.29) is 0 Å². The summed E-state index contributed by atoms with van der Waals surface area (Å²) in [6.45, 7) is 0. The van der Waals surface area contributed by atoms with Gasteiger partial charge in [0, 0.05) is 27.1 Å². The van der Waals surface area contributed by atoms with Gasteiger partial charge in [0.1, 0.15) is 0 Å². The first kappa shape index (κ1) is 13.1. The lowest BCUT2D eigenvalue weighted by Gasteiger charge is -2.32. The predicted molar refractivity (Wildman–Crippen MR) is 81.7 cm³/mol. The molecule has 2 atom stereocenters. The number of thioether (sulfide) groups is 1. The zero-order valence-corrected chi connectivity index (χ0v) is 12.5. The van der Waals surface area contributed by atoms with E-state index >= 15 is 0 Å². The van der Waals surface area contributed by atoms with Crippen LogP contribution in [0.25, 0.3) is 0 Å². The number of halogens is 1. The van der Waals surface area contributed by atoms with Crippen LogP contribution in [0.15, 0.2) is 22.7 Å². The monoisotopic (exact) mass is 314 g/mol. The van der Waals surface area contributed by atoms with E-state index in [2.05, 4.69) is 33.6 Å². The Morgan fingerprint density at radius 3 is 2.82 bits per heavy atom. The minimum absolute atomic E-state index is 0.582. The Balaban J connectivity index is 2.08. The van der Waals surface area contributed by atoms with Crippen LogP contribution in [0.5, 0.6) is 0 Å². The second-order valence-corrected chi connectivity index (χ2v) is 6.48. The number of rotatable bonds is 3.